The van der Waals surface area contributed by atoms with Crippen molar-refractivity contribution in [2.75, 3.05) is 27.9 Å². The van der Waals surface area contributed by atoms with Crippen LogP contribution in [0, 0.1) is 17.8 Å². The van der Waals surface area contributed by atoms with Gasteiger partial charge in [0.25, 0.3) is 5.91 Å². The maximum Gasteiger partial charge on any atom is 0.251 e. The van der Waals surface area contributed by atoms with E-state index in [1.54, 1.807) is 33.5 Å². The molecule has 0 saturated heterocycles. The van der Waals surface area contributed by atoms with E-state index < -0.39 is 0 Å². The smallest absolute Gasteiger partial charge is 0.251 e. The number of benzene rings is 1. The van der Waals surface area contributed by atoms with E-state index in [9.17, 15) is 4.79 Å². The molecule has 3 rings (SSSR count). The molecule has 0 radical (unpaired) electrons. The fourth-order valence-corrected chi connectivity index (χ4v) is 4.16. The number of hydrogen-bond donors (Lipinski definition) is 1. The molecule has 2 aliphatic carbocycles. The van der Waals surface area contributed by atoms with Crippen molar-refractivity contribution in [3.63, 3.8) is 0 Å². The zero-order valence-corrected chi connectivity index (χ0v) is 14.1. The van der Waals surface area contributed by atoms with E-state index in [4.69, 9.17) is 14.2 Å². The Kier molecular flexibility index (Phi) is 4.64. The van der Waals surface area contributed by atoms with Gasteiger partial charge in [-0.1, -0.05) is 6.42 Å². The lowest BCUT2D eigenvalue weighted by molar-refractivity contribution is 0.0941. The average Bonchev–Trinajstić information content (AvgIpc) is 3.21. The molecule has 0 spiro atoms. The predicted molar refractivity (Wildman–Crippen MR) is 87.4 cm³/mol. The second-order valence-corrected chi connectivity index (χ2v) is 6.56. The van der Waals surface area contributed by atoms with Crippen molar-refractivity contribution in [1.29, 1.82) is 0 Å². The van der Waals surface area contributed by atoms with Crippen LogP contribution in [-0.2, 0) is 0 Å². The Morgan fingerprint density at radius 2 is 1.78 bits per heavy atom. The first-order valence-corrected chi connectivity index (χ1v) is 8.24. The molecular weight excluding hydrogens is 294 g/mol. The summed E-state index contributed by atoms with van der Waals surface area (Å²) < 4.78 is 15.9. The molecule has 5 nitrogen and oxygen atoms in total. The van der Waals surface area contributed by atoms with Crippen LogP contribution in [0.1, 0.15) is 36.0 Å². The Labute approximate surface area is 137 Å². The van der Waals surface area contributed by atoms with Gasteiger partial charge in [0.05, 0.1) is 21.3 Å². The van der Waals surface area contributed by atoms with E-state index >= 15 is 0 Å². The molecular formula is C18H25NO4. The van der Waals surface area contributed by atoms with Crippen LogP contribution in [0.2, 0.25) is 0 Å². The second kappa shape index (κ2) is 6.69. The standard InChI is InChI=1S/C18H25NO4/c1-21-15-8-13(9-16(22-2)17(15)23-3)18(20)19-10-14-7-11-4-5-12(14)6-11/h8-9,11-12,14H,4-7,10H2,1-3H3,(H,19,20). The summed E-state index contributed by atoms with van der Waals surface area (Å²) in [6, 6.07) is 3.38. The Hall–Kier alpha value is -1.91. The largest absolute Gasteiger partial charge is 0.493 e. The van der Waals surface area contributed by atoms with Crippen molar-refractivity contribution in [3.8, 4) is 17.2 Å². The van der Waals surface area contributed by atoms with Gasteiger partial charge in [0.15, 0.2) is 11.5 Å². The monoisotopic (exact) mass is 319 g/mol. The van der Waals surface area contributed by atoms with E-state index in [0.717, 1.165) is 18.4 Å². The summed E-state index contributed by atoms with van der Waals surface area (Å²) in [5, 5.41) is 3.07. The number of nitrogens with one attached hydrogen (secondary N) is 1. The van der Waals surface area contributed by atoms with Gasteiger partial charge < -0.3 is 19.5 Å². The molecule has 1 amide bonds. The van der Waals surface area contributed by atoms with Crippen molar-refractivity contribution >= 4 is 5.91 Å². The molecule has 2 fully saturated rings. The molecule has 23 heavy (non-hydrogen) atoms. The zero-order valence-electron chi connectivity index (χ0n) is 14.1. The van der Waals surface area contributed by atoms with E-state index in [1.165, 1.54) is 25.7 Å². The van der Waals surface area contributed by atoms with E-state index in [2.05, 4.69) is 5.32 Å². The summed E-state index contributed by atoms with van der Waals surface area (Å²) in [5.41, 5.74) is 0.530. The van der Waals surface area contributed by atoms with Crippen molar-refractivity contribution < 1.29 is 19.0 Å². The first-order chi connectivity index (χ1) is 11.2. The van der Waals surface area contributed by atoms with Gasteiger partial charge in [0.2, 0.25) is 5.75 Å². The number of hydrogen-bond acceptors (Lipinski definition) is 4. The summed E-state index contributed by atoms with van der Waals surface area (Å²) >= 11 is 0. The molecule has 126 valence electrons. The van der Waals surface area contributed by atoms with Gasteiger partial charge in [-0.25, -0.2) is 0 Å². The van der Waals surface area contributed by atoms with Crippen LogP contribution < -0.4 is 19.5 Å². The van der Waals surface area contributed by atoms with Gasteiger partial charge in [-0.15, -0.1) is 0 Å². The molecule has 0 aromatic heterocycles. The van der Waals surface area contributed by atoms with Crippen LogP contribution in [-0.4, -0.2) is 33.8 Å². The molecule has 0 heterocycles. The minimum atomic E-state index is -0.0907. The van der Waals surface area contributed by atoms with Crippen LogP contribution in [0.3, 0.4) is 0 Å². The van der Waals surface area contributed by atoms with Crippen LogP contribution in [0.25, 0.3) is 0 Å². The summed E-state index contributed by atoms with van der Waals surface area (Å²) in [6.07, 6.45) is 5.32. The fourth-order valence-electron chi connectivity index (χ4n) is 4.16. The second-order valence-electron chi connectivity index (χ2n) is 6.56. The lowest BCUT2D eigenvalue weighted by Crippen LogP contribution is -2.31. The highest BCUT2D eigenvalue weighted by atomic mass is 16.5. The van der Waals surface area contributed by atoms with Crippen molar-refractivity contribution in [3.05, 3.63) is 17.7 Å². The minimum absolute atomic E-state index is 0.0907. The number of ether oxygens (including phenoxy) is 3. The summed E-state index contributed by atoms with van der Waals surface area (Å²) in [4.78, 5) is 12.5. The Bertz CT molecular complexity index is 561. The van der Waals surface area contributed by atoms with Crippen LogP contribution >= 0.6 is 0 Å². The Morgan fingerprint density at radius 1 is 1.09 bits per heavy atom. The highest BCUT2D eigenvalue weighted by molar-refractivity contribution is 5.95. The quantitative estimate of drug-likeness (QED) is 0.876. The highest BCUT2D eigenvalue weighted by Crippen LogP contribution is 2.48. The molecule has 2 saturated carbocycles. The molecule has 1 N–H and O–H groups in total. The number of fused-ring (bicyclic) bond motifs is 2. The van der Waals surface area contributed by atoms with Gasteiger partial charge in [-0.05, 0) is 49.1 Å². The van der Waals surface area contributed by atoms with E-state index in [0.29, 0.717) is 28.7 Å². The van der Waals surface area contributed by atoms with Gasteiger partial charge in [-0.2, -0.15) is 0 Å². The van der Waals surface area contributed by atoms with Crippen molar-refractivity contribution in [1.82, 2.24) is 5.32 Å². The topological polar surface area (TPSA) is 56.8 Å². The maximum absolute atomic E-state index is 12.5. The normalized spacial score (nSPS) is 25.3. The number of amides is 1. The zero-order chi connectivity index (χ0) is 16.4. The number of carbonyl (C=O) groups excluding carboxylic acids is 1. The van der Waals surface area contributed by atoms with Crippen LogP contribution in [0.15, 0.2) is 12.1 Å². The molecule has 1 aromatic rings. The minimum Gasteiger partial charge on any atom is -0.493 e. The van der Waals surface area contributed by atoms with Crippen LogP contribution in [0.4, 0.5) is 0 Å². The van der Waals surface area contributed by atoms with Crippen molar-refractivity contribution in [2.24, 2.45) is 17.8 Å². The first kappa shape index (κ1) is 16.0. The van der Waals surface area contributed by atoms with E-state index in [1.807, 2.05) is 0 Å². The SMILES string of the molecule is COc1cc(C(=O)NCC2CC3CCC2C3)cc(OC)c1OC. The number of methoxy groups -OCH3 is 3. The van der Waals surface area contributed by atoms with Gasteiger partial charge in [0.1, 0.15) is 0 Å². The lowest BCUT2D eigenvalue weighted by atomic mass is 9.89. The molecule has 1 aromatic carbocycles. The fraction of sp³-hybridized carbons (Fsp3) is 0.611. The third-order valence-corrected chi connectivity index (χ3v) is 5.34. The first-order valence-electron chi connectivity index (χ1n) is 8.24. The summed E-state index contributed by atoms with van der Waals surface area (Å²) in [7, 11) is 4.65. The highest BCUT2D eigenvalue weighted by Gasteiger charge is 2.39. The Morgan fingerprint density at radius 3 is 2.26 bits per heavy atom. The van der Waals surface area contributed by atoms with Crippen molar-refractivity contribution in [2.45, 2.75) is 25.7 Å². The summed E-state index contributed by atoms with van der Waals surface area (Å²) in [6.45, 7) is 0.761. The third-order valence-electron chi connectivity index (χ3n) is 5.34. The summed E-state index contributed by atoms with van der Waals surface area (Å²) in [5.74, 6) is 3.74. The molecule has 2 aliphatic rings. The van der Waals surface area contributed by atoms with Gasteiger partial charge in [-0.3, -0.25) is 4.79 Å². The number of rotatable bonds is 6. The molecule has 3 atom stereocenters. The maximum atomic E-state index is 12.5. The molecule has 2 bridgehead atoms. The van der Waals surface area contributed by atoms with Gasteiger partial charge >= 0.3 is 0 Å². The van der Waals surface area contributed by atoms with Gasteiger partial charge in [0, 0.05) is 12.1 Å². The third kappa shape index (κ3) is 3.09. The lowest BCUT2D eigenvalue weighted by Gasteiger charge is -2.22. The molecule has 0 aliphatic heterocycles. The molecule has 3 unspecified atom stereocenters. The molecule has 5 heteroatoms. The average molecular weight is 319 g/mol. The Balaban J connectivity index is 1.69. The predicted octanol–water partition coefficient (Wildman–Crippen LogP) is 2.88. The van der Waals surface area contributed by atoms with Crippen LogP contribution in [0.5, 0.6) is 17.2 Å². The number of carbonyl (C=O) groups is 1. The van der Waals surface area contributed by atoms with E-state index in [-0.39, 0.29) is 5.91 Å².